The van der Waals surface area contributed by atoms with Crippen molar-refractivity contribution < 1.29 is 14.3 Å². The van der Waals surface area contributed by atoms with Gasteiger partial charge in [-0.1, -0.05) is 30.3 Å². The second-order valence-electron chi connectivity index (χ2n) is 4.83. The van der Waals surface area contributed by atoms with E-state index < -0.39 is 0 Å². The molecule has 0 radical (unpaired) electrons. The number of rotatable bonds is 7. The molecule has 0 saturated heterocycles. The zero-order chi connectivity index (χ0) is 15.0. The molecule has 0 aliphatic carbocycles. The third-order valence-electron chi connectivity index (χ3n) is 2.96. The van der Waals surface area contributed by atoms with Gasteiger partial charge in [-0.05, 0) is 18.9 Å². The van der Waals surface area contributed by atoms with E-state index in [-0.39, 0.29) is 42.8 Å². The maximum atomic E-state index is 11.9. The molecule has 2 atom stereocenters. The number of carbonyl (C=O) groups excluding carboxylic acids is 2. The molecule has 1 rings (SSSR count). The number of carbonyl (C=O) groups is 2. The smallest absolute Gasteiger partial charge is 0.307 e. The molecular weight excluding hydrogens is 292 g/mol. The van der Waals surface area contributed by atoms with Crippen LogP contribution in [0.4, 0.5) is 0 Å². The summed E-state index contributed by atoms with van der Waals surface area (Å²) in [5, 5.41) is 2.86. The minimum absolute atomic E-state index is 0. The molecule has 0 heterocycles. The number of amides is 1. The van der Waals surface area contributed by atoms with Crippen molar-refractivity contribution in [2.45, 2.75) is 38.3 Å². The highest BCUT2D eigenvalue weighted by Crippen LogP contribution is 2.17. The van der Waals surface area contributed by atoms with E-state index in [1.165, 1.54) is 7.11 Å². The van der Waals surface area contributed by atoms with Gasteiger partial charge in [0.15, 0.2) is 0 Å². The zero-order valence-corrected chi connectivity index (χ0v) is 13.2. The SMILES string of the molecule is COC(=O)CC(NC(=O)CCC(C)N)c1ccccc1.Cl. The number of nitrogens with two attached hydrogens (primary N) is 1. The van der Waals surface area contributed by atoms with Crippen LogP contribution in [-0.2, 0) is 14.3 Å². The Morgan fingerprint density at radius 2 is 1.90 bits per heavy atom. The van der Waals surface area contributed by atoms with Gasteiger partial charge in [0.2, 0.25) is 5.91 Å². The van der Waals surface area contributed by atoms with E-state index in [1.807, 2.05) is 37.3 Å². The summed E-state index contributed by atoms with van der Waals surface area (Å²) in [6, 6.07) is 8.98. The standard InChI is InChI=1S/C15H22N2O3.ClH/c1-11(16)8-9-14(18)17-13(10-15(19)20-2)12-6-4-3-5-7-12;/h3-7,11,13H,8-10,16H2,1-2H3,(H,17,18);1H. The average Bonchev–Trinajstić information content (AvgIpc) is 2.45. The predicted octanol–water partition coefficient (Wildman–Crippen LogP) is 1.96. The van der Waals surface area contributed by atoms with Crippen LogP contribution in [0.3, 0.4) is 0 Å². The molecule has 1 amide bonds. The van der Waals surface area contributed by atoms with Gasteiger partial charge in [0, 0.05) is 12.5 Å². The van der Waals surface area contributed by atoms with E-state index in [9.17, 15) is 9.59 Å². The predicted molar refractivity (Wildman–Crippen MR) is 84.1 cm³/mol. The summed E-state index contributed by atoms with van der Waals surface area (Å²) in [5.41, 5.74) is 6.51. The first-order valence-corrected chi connectivity index (χ1v) is 6.69. The van der Waals surface area contributed by atoms with E-state index in [0.29, 0.717) is 12.8 Å². The fraction of sp³-hybridized carbons (Fsp3) is 0.467. The number of halogens is 1. The summed E-state index contributed by atoms with van der Waals surface area (Å²) >= 11 is 0. The van der Waals surface area contributed by atoms with Crippen molar-refractivity contribution in [3.8, 4) is 0 Å². The number of hydrogen-bond donors (Lipinski definition) is 2. The van der Waals surface area contributed by atoms with Gasteiger partial charge in [0.1, 0.15) is 0 Å². The maximum Gasteiger partial charge on any atom is 0.307 e. The highest BCUT2D eigenvalue weighted by Gasteiger charge is 2.18. The Hall–Kier alpha value is -1.59. The monoisotopic (exact) mass is 314 g/mol. The lowest BCUT2D eigenvalue weighted by Gasteiger charge is -2.18. The minimum atomic E-state index is -0.371. The molecule has 0 aliphatic rings. The highest BCUT2D eigenvalue weighted by atomic mass is 35.5. The molecule has 6 heteroatoms. The maximum absolute atomic E-state index is 11.9. The first-order chi connectivity index (χ1) is 9.52. The molecule has 5 nitrogen and oxygen atoms in total. The van der Waals surface area contributed by atoms with Crippen LogP contribution in [0.1, 0.15) is 37.8 Å². The molecule has 0 fully saturated rings. The Kier molecular flexibility index (Phi) is 9.41. The van der Waals surface area contributed by atoms with Gasteiger partial charge in [-0.15, -0.1) is 12.4 Å². The van der Waals surface area contributed by atoms with Crippen LogP contribution >= 0.6 is 12.4 Å². The summed E-state index contributed by atoms with van der Waals surface area (Å²) in [5.74, 6) is -0.466. The molecule has 21 heavy (non-hydrogen) atoms. The van der Waals surface area contributed by atoms with Crippen LogP contribution < -0.4 is 11.1 Å². The fourth-order valence-corrected chi connectivity index (χ4v) is 1.81. The number of methoxy groups -OCH3 is 1. The molecule has 0 spiro atoms. The molecule has 3 N–H and O–H groups in total. The van der Waals surface area contributed by atoms with Crippen molar-refractivity contribution in [3.63, 3.8) is 0 Å². The quantitative estimate of drug-likeness (QED) is 0.754. The van der Waals surface area contributed by atoms with E-state index in [2.05, 4.69) is 10.1 Å². The Labute approximate surface area is 131 Å². The Morgan fingerprint density at radius 3 is 2.43 bits per heavy atom. The van der Waals surface area contributed by atoms with Crippen LogP contribution in [0.25, 0.3) is 0 Å². The second kappa shape index (κ2) is 10.2. The van der Waals surface area contributed by atoms with Gasteiger partial charge >= 0.3 is 5.97 Å². The molecule has 0 aromatic heterocycles. The van der Waals surface area contributed by atoms with Crippen LogP contribution in [0.2, 0.25) is 0 Å². The van der Waals surface area contributed by atoms with Gasteiger partial charge in [-0.25, -0.2) is 0 Å². The summed E-state index contributed by atoms with van der Waals surface area (Å²) < 4.78 is 4.67. The molecule has 0 bridgehead atoms. The van der Waals surface area contributed by atoms with Gasteiger partial charge < -0.3 is 15.8 Å². The number of ether oxygens (including phenoxy) is 1. The van der Waals surface area contributed by atoms with Crippen molar-refractivity contribution in [1.29, 1.82) is 0 Å². The van der Waals surface area contributed by atoms with Gasteiger partial charge in [-0.3, -0.25) is 9.59 Å². The lowest BCUT2D eigenvalue weighted by atomic mass is 10.0. The normalized spacial score (nSPS) is 12.7. The second-order valence-corrected chi connectivity index (χ2v) is 4.83. The van der Waals surface area contributed by atoms with E-state index in [1.54, 1.807) is 0 Å². The van der Waals surface area contributed by atoms with Crippen LogP contribution in [0.5, 0.6) is 0 Å². The molecule has 0 saturated carbocycles. The van der Waals surface area contributed by atoms with Crippen molar-refractivity contribution in [2.75, 3.05) is 7.11 Å². The Balaban J connectivity index is 0.00000400. The fourth-order valence-electron chi connectivity index (χ4n) is 1.81. The average molecular weight is 315 g/mol. The number of nitrogens with one attached hydrogen (secondary N) is 1. The largest absolute Gasteiger partial charge is 0.469 e. The molecule has 118 valence electrons. The first-order valence-electron chi connectivity index (χ1n) is 6.69. The van der Waals surface area contributed by atoms with Crippen LogP contribution in [-0.4, -0.2) is 25.0 Å². The Morgan fingerprint density at radius 1 is 1.29 bits per heavy atom. The topological polar surface area (TPSA) is 81.4 Å². The molecule has 1 aromatic carbocycles. The summed E-state index contributed by atoms with van der Waals surface area (Å²) in [7, 11) is 1.34. The van der Waals surface area contributed by atoms with Crippen LogP contribution in [0, 0.1) is 0 Å². The number of hydrogen-bond acceptors (Lipinski definition) is 4. The van der Waals surface area contributed by atoms with Gasteiger partial charge in [0.05, 0.1) is 19.6 Å². The van der Waals surface area contributed by atoms with E-state index in [0.717, 1.165) is 5.56 Å². The number of esters is 1. The molecular formula is C15H23ClN2O3. The molecule has 0 aliphatic heterocycles. The minimum Gasteiger partial charge on any atom is -0.469 e. The Bertz CT molecular complexity index is 438. The zero-order valence-electron chi connectivity index (χ0n) is 12.4. The lowest BCUT2D eigenvalue weighted by molar-refractivity contribution is -0.141. The van der Waals surface area contributed by atoms with E-state index >= 15 is 0 Å². The van der Waals surface area contributed by atoms with Gasteiger partial charge in [0.25, 0.3) is 0 Å². The molecule has 2 unspecified atom stereocenters. The third-order valence-corrected chi connectivity index (χ3v) is 2.96. The molecule has 1 aromatic rings. The first kappa shape index (κ1) is 19.4. The van der Waals surface area contributed by atoms with Crippen molar-refractivity contribution in [3.05, 3.63) is 35.9 Å². The highest BCUT2D eigenvalue weighted by molar-refractivity contribution is 5.85. The third kappa shape index (κ3) is 7.68. The summed E-state index contributed by atoms with van der Waals surface area (Å²) in [4.78, 5) is 23.3. The van der Waals surface area contributed by atoms with Crippen LogP contribution in [0.15, 0.2) is 30.3 Å². The van der Waals surface area contributed by atoms with Gasteiger partial charge in [-0.2, -0.15) is 0 Å². The van der Waals surface area contributed by atoms with Crippen molar-refractivity contribution >= 4 is 24.3 Å². The summed E-state index contributed by atoms with van der Waals surface area (Å²) in [6.45, 7) is 1.86. The summed E-state index contributed by atoms with van der Waals surface area (Å²) in [6.07, 6.45) is 1.08. The van der Waals surface area contributed by atoms with Crippen molar-refractivity contribution in [1.82, 2.24) is 5.32 Å². The lowest BCUT2D eigenvalue weighted by Crippen LogP contribution is -2.31. The number of benzene rings is 1. The van der Waals surface area contributed by atoms with Crippen molar-refractivity contribution in [2.24, 2.45) is 5.73 Å². The van der Waals surface area contributed by atoms with E-state index in [4.69, 9.17) is 5.73 Å².